The second kappa shape index (κ2) is 5.40. The Kier molecular flexibility index (Phi) is 3.87. The van der Waals surface area contributed by atoms with E-state index in [2.05, 4.69) is 29.5 Å². The van der Waals surface area contributed by atoms with Gasteiger partial charge in [0.05, 0.1) is 0 Å². The average molecular weight is 247 g/mol. The third-order valence-electron chi connectivity index (χ3n) is 3.61. The van der Waals surface area contributed by atoms with Gasteiger partial charge in [-0.1, -0.05) is 6.07 Å². The van der Waals surface area contributed by atoms with E-state index in [0.717, 1.165) is 18.7 Å². The zero-order valence-electron chi connectivity index (χ0n) is 11.2. The smallest absolute Gasteiger partial charge is 0.251 e. The lowest BCUT2D eigenvalue weighted by Gasteiger charge is -2.15. The second-order valence-corrected chi connectivity index (χ2v) is 5.03. The fourth-order valence-electron chi connectivity index (χ4n) is 2.43. The number of anilines is 1. The number of hydrogen-bond acceptors (Lipinski definition) is 3. The molecule has 0 radical (unpaired) electrons. The molecule has 2 unspecified atom stereocenters. The average Bonchev–Trinajstić information content (AvgIpc) is 2.67. The third kappa shape index (κ3) is 2.82. The highest BCUT2D eigenvalue weighted by atomic mass is 16.1. The highest BCUT2D eigenvalue weighted by Gasteiger charge is 2.25. The van der Waals surface area contributed by atoms with Crippen LogP contribution in [0.1, 0.15) is 23.7 Å². The second-order valence-electron chi connectivity index (χ2n) is 5.03. The number of likely N-dealkylation sites (tertiary alicyclic amines) is 1. The Hall–Kier alpha value is -1.55. The first-order valence-electron chi connectivity index (χ1n) is 6.39. The highest BCUT2D eigenvalue weighted by molar-refractivity contribution is 5.94. The molecule has 4 nitrogen and oxygen atoms in total. The van der Waals surface area contributed by atoms with E-state index in [1.165, 1.54) is 0 Å². The van der Waals surface area contributed by atoms with Gasteiger partial charge in [0.15, 0.2) is 0 Å². The summed E-state index contributed by atoms with van der Waals surface area (Å²) in [5.41, 5.74) is 1.71. The fraction of sp³-hybridized carbons (Fsp3) is 0.500. The number of nitrogens with zero attached hydrogens (tertiary/aromatic N) is 1. The van der Waals surface area contributed by atoms with Crippen LogP contribution >= 0.6 is 0 Å². The monoisotopic (exact) mass is 247 g/mol. The molecular weight excluding hydrogens is 226 g/mol. The van der Waals surface area contributed by atoms with Crippen LogP contribution in [0.25, 0.3) is 0 Å². The van der Waals surface area contributed by atoms with Crippen LogP contribution in [0.4, 0.5) is 5.69 Å². The molecule has 2 N–H and O–H groups in total. The van der Waals surface area contributed by atoms with Crippen LogP contribution in [0.2, 0.25) is 0 Å². The van der Waals surface area contributed by atoms with Gasteiger partial charge >= 0.3 is 0 Å². The molecule has 0 spiro atoms. The third-order valence-corrected chi connectivity index (χ3v) is 3.61. The molecule has 1 aromatic carbocycles. The summed E-state index contributed by atoms with van der Waals surface area (Å²) in [6.07, 6.45) is 1.14. The van der Waals surface area contributed by atoms with Crippen LogP contribution in [0, 0.1) is 0 Å². The highest BCUT2D eigenvalue weighted by Crippen LogP contribution is 2.20. The molecule has 1 aliphatic heterocycles. The van der Waals surface area contributed by atoms with Crippen molar-refractivity contribution in [1.82, 2.24) is 10.2 Å². The molecule has 98 valence electrons. The molecule has 18 heavy (non-hydrogen) atoms. The summed E-state index contributed by atoms with van der Waals surface area (Å²) in [6, 6.07) is 8.73. The van der Waals surface area contributed by atoms with Gasteiger partial charge in [-0.15, -0.1) is 0 Å². The first kappa shape index (κ1) is 12.9. The zero-order valence-corrected chi connectivity index (χ0v) is 11.2. The number of likely N-dealkylation sites (N-methyl/N-ethyl adjacent to an activating group) is 1. The maximum absolute atomic E-state index is 11.6. The van der Waals surface area contributed by atoms with Crippen molar-refractivity contribution in [1.29, 1.82) is 0 Å². The van der Waals surface area contributed by atoms with Gasteiger partial charge in [-0.3, -0.25) is 4.79 Å². The molecule has 2 rings (SSSR count). The van der Waals surface area contributed by atoms with E-state index in [-0.39, 0.29) is 5.91 Å². The van der Waals surface area contributed by atoms with E-state index in [9.17, 15) is 4.79 Å². The van der Waals surface area contributed by atoms with Crippen molar-refractivity contribution in [2.75, 3.05) is 26.0 Å². The lowest BCUT2D eigenvalue weighted by Crippen LogP contribution is -2.25. The van der Waals surface area contributed by atoms with Crippen molar-refractivity contribution in [2.45, 2.75) is 25.4 Å². The van der Waals surface area contributed by atoms with E-state index in [0.29, 0.717) is 17.6 Å². The van der Waals surface area contributed by atoms with Gasteiger partial charge in [0.2, 0.25) is 0 Å². The van der Waals surface area contributed by atoms with Crippen LogP contribution in [0.3, 0.4) is 0 Å². The van der Waals surface area contributed by atoms with Crippen molar-refractivity contribution >= 4 is 11.6 Å². The van der Waals surface area contributed by atoms with E-state index in [1.54, 1.807) is 7.05 Å². The minimum Gasteiger partial charge on any atom is -0.381 e. The number of carbonyl (C=O) groups is 1. The fourth-order valence-corrected chi connectivity index (χ4v) is 2.43. The summed E-state index contributed by atoms with van der Waals surface area (Å²) in [5.74, 6) is -0.0458. The van der Waals surface area contributed by atoms with E-state index >= 15 is 0 Å². The molecule has 0 saturated carbocycles. The molecule has 2 atom stereocenters. The molecule has 1 amide bonds. The Bertz CT molecular complexity index is 423. The van der Waals surface area contributed by atoms with Crippen LogP contribution < -0.4 is 10.6 Å². The standard InChI is InChI=1S/C14H21N3O/c1-10-7-13(9-17(10)3)16-12-6-4-5-11(8-12)14(18)15-2/h4-6,8,10,13,16H,7,9H2,1-3H3,(H,15,18). The summed E-state index contributed by atoms with van der Waals surface area (Å²) >= 11 is 0. The van der Waals surface area contributed by atoms with Crippen molar-refractivity contribution in [3.63, 3.8) is 0 Å². The largest absolute Gasteiger partial charge is 0.381 e. The topological polar surface area (TPSA) is 44.4 Å². The summed E-state index contributed by atoms with van der Waals surface area (Å²) in [7, 11) is 3.79. The van der Waals surface area contributed by atoms with Crippen LogP contribution in [0.5, 0.6) is 0 Å². The quantitative estimate of drug-likeness (QED) is 0.852. The number of carbonyl (C=O) groups excluding carboxylic acids is 1. The van der Waals surface area contributed by atoms with Crippen LogP contribution in [0.15, 0.2) is 24.3 Å². The molecule has 1 saturated heterocycles. The Morgan fingerprint density at radius 3 is 2.83 bits per heavy atom. The van der Waals surface area contributed by atoms with Gasteiger partial charge in [-0.05, 0) is 38.6 Å². The van der Waals surface area contributed by atoms with E-state index < -0.39 is 0 Å². The first-order chi connectivity index (χ1) is 8.60. The molecular formula is C14H21N3O. The molecule has 0 aliphatic carbocycles. The summed E-state index contributed by atoms with van der Waals surface area (Å²) in [6.45, 7) is 3.29. The van der Waals surface area contributed by atoms with Gasteiger partial charge in [0.25, 0.3) is 5.91 Å². The lowest BCUT2D eigenvalue weighted by atomic mass is 10.1. The molecule has 1 fully saturated rings. The van der Waals surface area contributed by atoms with Crippen molar-refractivity contribution in [3.05, 3.63) is 29.8 Å². The van der Waals surface area contributed by atoms with Crippen molar-refractivity contribution < 1.29 is 4.79 Å². The Labute approximate surface area is 108 Å². The molecule has 1 aromatic rings. The Morgan fingerprint density at radius 2 is 2.22 bits per heavy atom. The number of hydrogen-bond donors (Lipinski definition) is 2. The van der Waals surface area contributed by atoms with Gasteiger partial charge < -0.3 is 15.5 Å². The predicted octanol–water partition coefficient (Wildman–Crippen LogP) is 1.55. The summed E-state index contributed by atoms with van der Waals surface area (Å²) < 4.78 is 0. The number of rotatable bonds is 3. The summed E-state index contributed by atoms with van der Waals surface area (Å²) in [5, 5.41) is 6.14. The minimum absolute atomic E-state index is 0.0458. The number of benzene rings is 1. The SMILES string of the molecule is CNC(=O)c1cccc(NC2CC(C)N(C)C2)c1. The molecule has 1 heterocycles. The Morgan fingerprint density at radius 1 is 1.44 bits per heavy atom. The number of nitrogens with one attached hydrogen (secondary N) is 2. The van der Waals surface area contributed by atoms with Crippen molar-refractivity contribution in [2.24, 2.45) is 0 Å². The lowest BCUT2D eigenvalue weighted by molar-refractivity contribution is 0.0963. The van der Waals surface area contributed by atoms with Crippen molar-refractivity contribution in [3.8, 4) is 0 Å². The molecule has 0 aromatic heterocycles. The van der Waals surface area contributed by atoms with Gasteiger partial charge in [-0.25, -0.2) is 0 Å². The maximum Gasteiger partial charge on any atom is 0.251 e. The molecule has 0 bridgehead atoms. The minimum atomic E-state index is -0.0458. The van der Waals surface area contributed by atoms with Gasteiger partial charge in [-0.2, -0.15) is 0 Å². The Balaban J connectivity index is 2.04. The molecule has 4 heteroatoms. The van der Waals surface area contributed by atoms with Crippen LogP contribution in [-0.4, -0.2) is 43.5 Å². The van der Waals surface area contributed by atoms with Crippen LogP contribution in [-0.2, 0) is 0 Å². The van der Waals surface area contributed by atoms with Gasteiger partial charge in [0, 0.05) is 36.9 Å². The zero-order chi connectivity index (χ0) is 13.1. The molecule has 1 aliphatic rings. The van der Waals surface area contributed by atoms with E-state index in [4.69, 9.17) is 0 Å². The first-order valence-corrected chi connectivity index (χ1v) is 6.39. The summed E-state index contributed by atoms with van der Waals surface area (Å²) in [4.78, 5) is 13.9. The maximum atomic E-state index is 11.6. The number of amides is 1. The predicted molar refractivity (Wildman–Crippen MR) is 74.0 cm³/mol. The normalized spacial score (nSPS) is 23.9. The van der Waals surface area contributed by atoms with E-state index in [1.807, 2.05) is 24.3 Å². The van der Waals surface area contributed by atoms with Gasteiger partial charge in [0.1, 0.15) is 0 Å².